The summed E-state index contributed by atoms with van der Waals surface area (Å²) in [6, 6.07) is 8.11. The standard InChI is InChI=1S/C20H22N4O3S/c1-28(26,27)17-8-6-15(7-9-17)23-19(25)11-10-18-20(14-4-2-3-5-14)24-16(12-21)13-22-18/h6-9,13-14H,2-5,10-11H2,1H3,(H,23,25). The number of rotatable bonds is 6. The molecule has 8 heteroatoms. The smallest absolute Gasteiger partial charge is 0.224 e. The van der Waals surface area contributed by atoms with Crippen LogP contribution in [0.2, 0.25) is 0 Å². The number of benzene rings is 1. The number of carbonyl (C=O) groups is 1. The molecule has 1 aromatic carbocycles. The van der Waals surface area contributed by atoms with Crippen LogP contribution in [0, 0.1) is 11.3 Å². The van der Waals surface area contributed by atoms with Crippen molar-refractivity contribution in [3.05, 3.63) is 47.5 Å². The van der Waals surface area contributed by atoms with E-state index in [0.717, 1.165) is 43.3 Å². The van der Waals surface area contributed by atoms with Gasteiger partial charge in [-0.3, -0.25) is 9.78 Å². The van der Waals surface area contributed by atoms with Gasteiger partial charge in [0.15, 0.2) is 15.5 Å². The Bertz CT molecular complexity index is 1000. The summed E-state index contributed by atoms with van der Waals surface area (Å²) in [7, 11) is -3.26. The normalized spacial score (nSPS) is 14.6. The number of amides is 1. The van der Waals surface area contributed by atoms with Gasteiger partial charge in [0.2, 0.25) is 5.91 Å². The minimum Gasteiger partial charge on any atom is -0.326 e. The lowest BCUT2D eigenvalue weighted by atomic mass is 9.99. The number of anilines is 1. The monoisotopic (exact) mass is 398 g/mol. The molecule has 1 N–H and O–H groups in total. The SMILES string of the molecule is CS(=O)(=O)c1ccc(NC(=O)CCc2ncc(C#N)nc2C2CCCC2)cc1. The van der Waals surface area contributed by atoms with Gasteiger partial charge in [-0.25, -0.2) is 13.4 Å². The first kappa shape index (κ1) is 20.0. The average molecular weight is 398 g/mol. The van der Waals surface area contributed by atoms with Gasteiger partial charge in [0.25, 0.3) is 0 Å². The summed E-state index contributed by atoms with van der Waals surface area (Å²) in [5, 5.41) is 11.9. The van der Waals surface area contributed by atoms with Crippen molar-refractivity contribution in [2.45, 2.75) is 49.3 Å². The van der Waals surface area contributed by atoms with Gasteiger partial charge in [0.1, 0.15) is 6.07 Å². The summed E-state index contributed by atoms with van der Waals surface area (Å²) >= 11 is 0. The zero-order valence-corrected chi connectivity index (χ0v) is 16.5. The molecule has 1 aliphatic carbocycles. The van der Waals surface area contributed by atoms with Crippen LogP contribution < -0.4 is 5.32 Å². The molecule has 1 saturated carbocycles. The summed E-state index contributed by atoms with van der Waals surface area (Å²) < 4.78 is 23.0. The van der Waals surface area contributed by atoms with Crippen molar-refractivity contribution in [2.75, 3.05) is 11.6 Å². The van der Waals surface area contributed by atoms with Crippen LogP contribution in [0.25, 0.3) is 0 Å². The van der Waals surface area contributed by atoms with Gasteiger partial charge >= 0.3 is 0 Å². The Hall–Kier alpha value is -2.79. The summed E-state index contributed by atoms with van der Waals surface area (Å²) in [4.78, 5) is 21.3. The fourth-order valence-electron chi connectivity index (χ4n) is 3.44. The van der Waals surface area contributed by atoms with E-state index in [4.69, 9.17) is 5.26 Å². The predicted octanol–water partition coefficient (Wildman–Crippen LogP) is 2.98. The topological polar surface area (TPSA) is 113 Å². The van der Waals surface area contributed by atoms with Crippen LogP contribution in [0.15, 0.2) is 35.4 Å². The molecule has 7 nitrogen and oxygen atoms in total. The molecule has 0 unspecified atom stereocenters. The molecule has 0 atom stereocenters. The van der Waals surface area contributed by atoms with Gasteiger partial charge in [-0.05, 0) is 37.1 Å². The number of hydrogen-bond acceptors (Lipinski definition) is 6. The fraction of sp³-hybridized carbons (Fsp3) is 0.400. The summed E-state index contributed by atoms with van der Waals surface area (Å²) in [5.74, 6) is 0.123. The van der Waals surface area contributed by atoms with E-state index < -0.39 is 9.84 Å². The van der Waals surface area contributed by atoms with Gasteiger partial charge in [-0.1, -0.05) is 12.8 Å². The number of nitrogens with one attached hydrogen (secondary N) is 1. The van der Waals surface area contributed by atoms with Crippen molar-refractivity contribution in [3.8, 4) is 6.07 Å². The van der Waals surface area contributed by atoms with Crippen molar-refractivity contribution >= 4 is 21.4 Å². The molecule has 0 spiro atoms. The molecule has 146 valence electrons. The number of aryl methyl sites for hydroxylation is 1. The molecular weight excluding hydrogens is 376 g/mol. The molecule has 0 saturated heterocycles. The van der Waals surface area contributed by atoms with Crippen molar-refractivity contribution in [1.82, 2.24) is 9.97 Å². The lowest BCUT2D eigenvalue weighted by Crippen LogP contribution is -2.14. The number of nitriles is 1. The molecule has 3 rings (SSSR count). The quantitative estimate of drug-likeness (QED) is 0.800. The fourth-order valence-corrected chi connectivity index (χ4v) is 4.07. The third-order valence-electron chi connectivity index (χ3n) is 4.89. The maximum atomic E-state index is 12.3. The van der Waals surface area contributed by atoms with Crippen LogP contribution in [0.1, 0.15) is 55.1 Å². The van der Waals surface area contributed by atoms with Crippen molar-refractivity contribution in [2.24, 2.45) is 0 Å². The molecule has 2 aromatic rings. The third kappa shape index (κ3) is 4.93. The minimum atomic E-state index is -3.26. The summed E-state index contributed by atoms with van der Waals surface area (Å²) in [5.41, 5.74) is 2.47. The van der Waals surface area contributed by atoms with Crippen LogP contribution in [0.5, 0.6) is 0 Å². The Morgan fingerprint density at radius 1 is 1.25 bits per heavy atom. The second-order valence-corrected chi connectivity index (χ2v) is 9.04. The second kappa shape index (κ2) is 8.48. The van der Waals surface area contributed by atoms with E-state index in [2.05, 4.69) is 15.3 Å². The molecule has 1 heterocycles. The van der Waals surface area contributed by atoms with E-state index in [-0.39, 0.29) is 17.2 Å². The highest BCUT2D eigenvalue weighted by Crippen LogP contribution is 2.34. The van der Waals surface area contributed by atoms with Gasteiger partial charge in [-0.2, -0.15) is 5.26 Å². The lowest BCUT2D eigenvalue weighted by molar-refractivity contribution is -0.116. The van der Waals surface area contributed by atoms with E-state index in [0.29, 0.717) is 23.7 Å². The van der Waals surface area contributed by atoms with Crippen LogP contribution in [0.4, 0.5) is 5.69 Å². The Morgan fingerprint density at radius 2 is 1.93 bits per heavy atom. The van der Waals surface area contributed by atoms with E-state index in [1.54, 1.807) is 12.1 Å². The second-order valence-electron chi connectivity index (χ2n) is 7.03. The molecule has 1 fully saturated rings. The molecule has 1 amide bonds. The first-order valence-corrected chi connectivity index (χ1v) is 11.1. The Balaban J connectivity index is 1.65. The van der Waals surface area contributed by atoms with E-state index in [1.807, 2.05) is 6.07 Å². The lowest BCUT2D eigenvalue weighted by Gasteiger charge is -2.13. The van der Waals surface area contributed by atoms with E-state index >= 15 is 0 Å². The van der Waals surface area contributed by atoms with Gasteiger partial charge < -0.3 is 5.32 Å². The zero-order valence-electron chi connectivity index (χ0n) is 15.7. The van der Waals surface area contributed by atoms with Crippen LogP contribution in [-0.4, -0.2) is 30.5 Å². The number of hydrogen-bond donors (Lipinski definition) is 1. The van der Waals surface area contributed by atoms with Crippen molar-refractivity contribution in [3.63, 3.8) is 0 Å². The number of nitrogens with zero attached hydrogens (tertiary/aromatic N) is 3. The number of sulfone groups is 1. The highest BCUT2D eigenvalue weighted by Gasteiger charge is 2.23. The Labute approximate surface area is 164 Å². The maximum absolute atomic E-state index is 12.3. The van der Waals surface area contributed by atoms with Gasteiger partial charge in [0, 0.05) is 30.7 Å². The van der Waals surface area contributed by atoms with Crippen molar-refractivity contribution in [1.29, 1.82) is 5.26 Å². The Morgan fingerprint density at radius 3 is 2.54 bits per heavy atom. The molecule has 0 aliphatic heterocycles. The largest absolute Gasteiger partial charge is 0.326 e. The Kier molecular flexibility index (Phi) is 6.05. The van der Waals surface area contributed by atoms with Crippen LogP contribution >= 0.6 is 0 Å². The first-order valence-electron chi connectivity index (χ1n) is 9.22. The number of carbonyl (C=O) groups excluding carboxylic acids is 1. The minimum absolute atomic E-state index is 0.185. The van der Waals surface area contributed by atoms with Crippen LogP contribution in [0.3, 0.4) is 0 Å². The third-order valence-corrected chi connectivity index (χ3v) is 6.02. The summed E-state index contributed by atoms with van der Waals surface area (Å²) in [6.07, 6.45) is 7.63. The van der Waals surface area contributed by atoms with Crippen LogP contribution in [-0.2, 0) is 21.1 Å². The number of aromatic nitrogens is 2. The average Bonchev–Trinajstić information content (AvgIpc) is 3.20. The van der Waals surface area contributed by atoms with E-state index in [9.17, 15) is 13.2 Å². The van der Waals surface area contributed by atoms with Gasteiger partial charge in [0.05, 0.1) is 22.5 Å². The highest BCUT2D eigenvalue weighted by atomic mass is 32.2. The highest BCUT2D eigenvalue weighted by molar-refractivity contribution is 7.90. The first-order chi connectivity index (χ1) is 13.4. The van der Waals surface area contributed by atoms with Gasteiger partial charge in [-0.15, -0.1) is 0 Å². The zero-order chi connectivity index (χ0) is 20.1. The van der Waals surface area contributed by atoms with Crippen molar-refractivity contribution < 1.29 is 13.2 Å². The van der Waals surface area contributed by atoms with E-state index in [1.165, 1.54) is 18.3 Å². The summed E-state index contributed by atoms with van der Waals surface area (Å²) in [6.45, 7) is 0. The molecular formula is C20H22N4O3S. The molecule has 1 aromatic heterocycles. The molecule has 0 radical (unpaired) electrons. The molecule has 1 aliphatic rings. The maximum Gasteiger partial charge on any atom is 0.224 e. The molecule has 0 bridgehead atoms. The molecule has 28 heavy (non-hydrogen) atoms. The predicted molar refractivity (Wildman–Crippen MR) is 104 cm³/mol.